The van der Waals surface area contributed by atoms with Crippen LogP contribution in [0.5, 0.6) is 0 Å². The van der Waals surface area contributed by atoms with Gasteiger partial charge in [0.1, 0.15) is 12.2 Å². The lowest BCUT2D eigenvalue weighted by Crippen LogP contribution is -2.34. The predicted octanol–water partition coefficient (Wildman–Crippen LogP) is 4.54. The number of aromatic nitrogens is 3. The largest absolute Gasteiger partial charge is 0.378 e. The van der Waals surface area contributed by atoms with Crippen molar-refractivity contribution in [2.24, 2.45) is 0 Å². The average molecular weight is 445 g/mol. The lowest BCUT2D eigenvalue weighted by molar-refractivity contribution is -0.884. The van der Waals surface area contributed by atoms with Crippen molar-refractivity contribution in [2.75, 3.05) is 26.5 Å². The van der Waals surface area contributed by atoms with Crippen LogP contribution in [0.4, 0.5) is 5.69 Å². The maximum atomic E-state index is 12.8. The van der Waals surface area contributed by atoms with E-state index in [1.165, 1.54) is 16.7 Å². The number of aryl methyl sites for hydroxylation is 4. The standard InChI is InChI=1S/C27H34N5O/c1-18-11-12-30(26(33)13-18)22-14-24(28-15-23-19(2)9-8-10-20(23)3)27-29-21(4)25(31(27)16-22)17-32(5,6)7/h8-14,16,28H,15,17H2,1-7H3/q+1. The molecule has 0 saturated heterocycles. The van der Waals surface area contributed by atoms with Gasteiger partial charge in [-0.3, -0.25) is 13.8 Å². The van der Waals surface area contributed by atoms with Crippen LogP contribution in [0.15, 0.2) is 53.6 Å². The summed E-state index contributed by atoms with van der Waals surface area (Å²) in [5.74, 6) is 0. The van der Waals surface area contributed by atoms with Gasteiger partial charge < -0.3 is 9.80 Å². The molecular formula is C27H34N5O+. The Bertz CT molecular complexity index is 1370. The van der Waals surface area contributed by atoms with E-state index in [0.717, 1.165) is 45.0 Å². The fourth-order valence-corrected chi connectivity index (χ4v) is 4.29. The van der Waals surface area contributed by atoms with Gasteiger partial charge >= 0.3 is 0 Å². The minimum absolute atomic E-state index is 0.0416. The first kappa shape index (κ1) is 22.8. The number of imidazole rings is 1. The minimum Gasteiger partial charge on any atom is -0.378 e. The molecule has 33 heavy (non-hydrogen) atoms. The molecule has 6 heteroatoms. The van der Waals surface area contributed by atoms with Crippen molar-refractivity contribution < 1.29 is 4.48 Å². The Balaban J connectivity index is 1.88. The van der Waals surface area contributed by atoms with Crippen LogP contribution in [0.25, 0.3) is 11.3 Å². The van der Waals surface area contributed by atoms with Crippen LogP contribution < -0.4 is 10.9 Å². The highest BCUT2D eigenvalue weighted by atomic mass is 16.1. The van der Waals surface area contributed by atoms with Gasteiger partial charge in [0.05, 0.1) is 38.2 Å². The Morgan fingerprint density at radius 1 is 1.00 bits per heavy atom. The molecule has 0 aliphatic heterocycles. The Labute approximate surface area is 195 Å². The van der Waals surface area contributed by atoms with E-state index in [2.05, 4.69) is 69.8 Å². The second-order valence-corrected chi connectivity index (χ2v) is 10.0. The van der Waals surface area contributed by atoms with Gasteiger partial charge in [-0.25, -0.2) is 4.98 Å². The smallest absolute Gasteiger partial charge is 0.255 e. The molecule has 4 aromatic rings. The molecule has 0 aliphatic carbocycles. The van der Waals surface area contributed by atoms with Crippen LogP contribution in [0, 0.1) is 27.7 Å². The van der Waals surface area contributed by atoms with Crippen molar-refractivity contribution in [3.05, 3.63) is 92.8 Å². The molecule has 0 bridgehead atoms. The topological polar surface area (TPSA) is 51.3 Å². The molecular weight excluding hydrogens is 410 g/mol. The van der Waals surface area contributed by atoms with Crippen molar-refractivity contribution in [3.8, 4) is 5.69 Å². The van der Waals surface area contributed by atoms with E-state index >= 15 is 0 Å². The highest BCUT2D eigenvalue weighted by Crippen LogP contribution is 2.26. The molecule has 3 aromatic heterocycles. The molecule has 0 saturated carbocycles. The molecule has 0 spiro atoms. The molecule has 172 valence electrons. The Kier molecular flexibility index (Phi) is 5.89. The summed E-state index contributed by atoms with van der Waals surface area (Å²) < 4.78 is 4.63. The zero-order chi connectivity index (χ0) is 23.9. The monoisotopic (exact) mass is 444 g/mol. The molecule has 0 fully saturated rings. The van der Waals surface area contributed by atoms with Crippen LogP contribution in [0.1, 0.15) is 33.6 Å². The van der Waals surface area contributed by atoms with Crippen molar-refractivity contribution in [2.45, 2.75) is 40.8 Å². The normalized spacial score (nSPS) is 11.8. The Morgan fingerprint density at radius 2 is 1.70 bits per heavy atom. The molecule has 0 amide bonds. The molecule has 1 N–H and O–H groups in total. The van der Waals surface area contributed by atoms with Crippen LogP contribution in [-0.2, 0) is 13.1 Å². The van der Waals surface area contributed by atoms with Crippen LogP contribution in [0.2, 0.25) is 0 Å². The van der Waals surface area contributed by atoms with E-state index in [0.29, 0.717) is 6.54 Å². The number of pyridine rings is 2. The van der Waals surface area contributed by atoms with Crippen molar-refractivity contribution >= 4 is 11.3 Å². The van der Waals surface area contributed by atoms with Gasteiger partial charge in [-0.2, -0.15) is 0 Å². The lowest BCUT2D eigenvalue weighted by atomic mass is 10.0. The van der Waals surface area contributed by atoms with E-state index in [-0.39, 0.29) is 5.56 Å². The number of hydrogen-bond acceptors (Lipinski definition) is 3. The summed E-state index contributed by atoms with van der Waals surface area (Å²) in [7, 11) is 6.52. The average Bonchev–Trinajstić information content (AvgIpc) is 3.01. The van der Waals surface area contributed by atoms with E-state index in [1.54, 1.807) is 10.6 Å². The molecule has 3 heterocycles. The Hall–Kier alpha value is -3.38. The maximum absolute atomic E-state index is 12.8. The number of nitrogens with one attached hydrogen (secondary N) is 1. The zero-order valence-electron chi connectivity index (χ0n) is 20.7. The van der Waals surface area contributed by atoms with Gasteiger partial charge in [0.25, 0.3) is 5.56 Å². The lowest BCUT2D eigenvalue weighted by Gasteiger charge is -2.24. The van der Waals surface area contributed by atoms with Gasteiger partial charge in [0.2, 0.25) is 0 Å². The Morgan fingerprint density at radius 3 is 2.33 bits per heavy atom. The van der Waals surface area contributed by atoms with Gasteiger partial charge in [-0.15, -0.1) is 0 Å². The van der Waals surface area contributed by atoms with Gasteiger partial charge in [0.15, 0.2) is 5.65 Å². The van der Waals surface area contributed by atoms with E-state index in [9.17, 15) is 4.79 Å². The molecule has 1 aromatic carbocycles. The summed E-state index contributed by atoms with van der Waals surface area (Å²) in [6, 6.07) is 12.0. The third-order valence-electron chi connectivity index (χ3n) is 6.08. The van der Waals surface area contributed by atoms with E-state index in [4.69, 9.17) is 4.98 Å². The first-order chi connectivity index (χ1) is 15.5. The highest BCUT2D eigenvalue weighted by Gasteiger charge is 2.20. The molecule has 0 unspecified atom stereocenters. The van der Waals surface area contributed by atoms with E-state index in [1.807, 2.05) is 31.5 Å². The maximum Gasteiger partial charge on any atom is 0.255 e. The first-order valence-electron chi connectivity index (χ1n) is 11.3. The van der Waals surface area contributed by atoms with Crippen molar-refractivity contribution in [1.82, 2.24) is 14.0 Å². The summed E-state index contributed by atoms with van der Waals surface area (Å²) in [6.45, 7) is 9.80. The van der Waals surface area contributed by atoms with Crippen LogP contribution >= 0.6 is 0 Å². The van der Waals surface area contributed by atoms with Crippen LogP contribution in [0.3, 0.4) is 0 Å². The quantitative estimate of drug-likeness (QED) is 0.444. The fraction of sp³-hybridized carbons (Fsp3) is 0.333. The zero-order valence-corrected chi connectivity index (χ0v) is 20.7. The predicted molar refractivity (Wildman–Crippen MR) is 135 cm³/mol. The van der Waals surface area contributed by atoms with Crippen LogP contribution in [-0.4, -0.2) is 39.6 Å². The summed E-state index contributed by atoms with van der Waals surface area (Å²) in [5.41, 5.74) is 9.48. The number of benzene rings is 1. The number of rotatable bonds is 6. The number of hydrogen-bond donors (Lipinski definition) is 1. The second kappa shape index (κ2) is 8.52. The number of quaternary nitrogens is 1. The minimum atomic E-state index is -0.0416. The highest BCUT2D eigenvalue weighted by molar-refractivity contribution is 5.72. The fourth-order valence-electron chi connectivity index (χ4n) is 4.29. The van der Waals surface area contributed by atoms with Gasteiger partial charge in [0, 0.05) is 25.0 Å². The number of nitrogens with zero attached hydrogens (tertiary/aromatic N) is 4. The number of fused-ring (bicyclic) bond motifs is 1. The summed E-state index contributed by atoms with van der Waals surface area (Å²) in [4.78, 5) is 17.7. The SMILES string of the molecule is Cc1ccn(-c2cc(NCc3c(C)cccc3C)c3nc(C)c(C[N+](C)(C)C)n3c2)c(=O)c1. The summed E-state index contributed by atoms with van der Waals surface area (Å²) >= 11 is 0. The van der Waals surface area contributed by atoms with Crippen molar-refractivity contribution in [1.29, 1.82) is 0 Å². The molecule has 0 aliphatic rings. The molecule has 0 atom stereocenters. The summed E-state index contributed by atoms with van der Waals surface area (Å²) in [5, 5.41) is 3.63. The van der Waals surface area contributed by atoms with Crippen molar-refractivity contribution in [3.63, 3.8) is 0 Å². The van der Waals surface area contributed by atoms with Gasteiger partial charge in [-0.05, 0) is 62.1 Å². The molecule has 6 nitrogen and oxygen atoms in total. The first-order valence-corrected chi connectivity index (χ1v) is 11.3. The molecule has 0 radical (unpaired) electrons. The molecule has 4 rings (SSSR count). The van der Waals surface area contributed by atoms with E-state index < -0.39 is 0 Å². The third-order valence-corrected chi connectivity index (χ3v) is 6.08. The number of anilines is 1. The second-order valence-electron chi connectivity index (χ2n) is 10.0. The summed E-state index contributed by atoms with van der Waals surface area (Å²) in [6.07, 6.45) is 3.87. The van der Waals surface area contributed by atoms with Gasteiger partial charge in [-0.1, -0.05) is 18.2 Å². The third kappa shape index (κ3) is 4.71.